The number of carbonyl (C=O) groups is 1. The number of anilines is 1. The molecule has 0 radical (unpaired) electrons. The lowest BCUT2D eigenvalue weighted by Crippen LogP contribution is -2.51. The molecule has 2 aliphatic rings. The van der Waals surface area contributed by atoms with Gasteiger partial charge < -0.3 is 20.3 Å². The van der Waals surface area contributed by atoms with Crippen molar-refractivity contribution < 1.29 is 9.53 Å². The first-order chi connectivity index (χ1) is 15.0. The molecule has 0 saturated carbocycles. The second kappa shape index (κ2) is 12.1. The Labute approximate surface area is 210 Å². The van der Waals surface area contributed by atoms with E-state index in [9.17, 15) is 4.79 Å². The first-order valence-corrected chi connectivity index (χ1v) is 11.5. The maximum absolute atomic E-state index is 12.2. The maximum atomic E-state index is 12.2. The summed E-state index contributed by atoms with van der Waals surface area (Å²) in [7, 11) is 3.59. The second-order valence-corrected chi connectivity index (χ2v) is 9.22. The van der Waals surface area contributed by atoms with E-state index in [4.69, 9.17) is 4.74 Å². The highest BCUT2D eigenvalue weighted by Gasteiger charge is 2.32. The number of benzene rings is 2. The summed E-state index contributed by atoms with van der Waals surface area (Å²) in [6, 6.07) is 16.1. The summed E-state index contributed by atoms with van der Waals surface area (Å²) in [6.07, 6.45) is 3.63. The van der Waals surface area contributed by atoms with Crippen LogP contribution in [0.3, 0.4) is 0 Å². The normalized spacial score (nSPS) is 22.3. The fraction of sp³-hybridized carbons (Fsp3) is 0.500. The number of nitrogens with one attached hydrogen (secondary N) is 2. The Balaban J connectivity index is 0.00000193. The van der Waals surface area contributed by atoms with Gasteiger partial charge in [-0.2, -0.15) is 0 Å². The molecule has 2 heterocycles. The number of hydrogen-bond acceptors (Lipinski definition) is 4. The van der Waals surface area contributed by atoms with Crippen LogP contribution in [0.4, 0.5) is 5.69 Å². The minimum Gasteiger partial charge on any atom is -0.496 e. The Morgan fingerprint density at radius 2 is 1.85 bits per heavy atom. The van der Waals surface area contributed by atoms with Gasteiger partial charge in [-0.1, -0.05) is 44.2 Å². The van der Waals surface area contributed by atoms with Gasteiger partial charge in [0.2, 0.25) is 5.91 Å². The lowest BCUT2D eigenvalue weighted by atomic mass is 9.85. The van der Waals surface area contributed by atoms with Gasteiger partial charge >= 0.3 is 0 Å². The summed E-state index contributed by atoms with van der Waals surface area (Å²) >= 11 is 0. The van der Waals surface area contributed by atoms with Crippen LogP contribution < -0.4 is 20.3 Å². The summed E-state index contributed by atoms with van der Waals surface area (Å²) in [4.78, 5) is 14.0. The molecule has 7 heteroatoms. The molecule has 2 aliphatic heterocycles. The minimum absolute atomic E-state index is 0. The van der Waals surface area contributed by atoms with Crippen molar-refractivity contribution in [3.63, 3.8) is 0 Å². The summed E-state index contributed by atoms with van der Waals surface area (Å²) in [6.45, 7) is 5.30. The maximum Gasteiger partial charge on any atom is 0.227 e. The zero-order valence-electron chi connectivity index (χ0n) is 20.0. The van der Waals surface area contributed by atoms with Crippen LogP contribution in [-0.2, 0) is 17.8 Å². The molecule has 33 heavy (non-hydrogen) atoms. The van der Waals surface area contributed by atoms with E-state index in [-0.39, 0.29) is 36.8 Å². The first-order valence-electron chi connectivity index (χ1n) is 11.5. The van der Waals surface area contributed by atoms with Crippen LogP contribution in [0.5, 0.6) is 5.75 Å². The van der Waals surface area contributed by atoms with Gasteiger partial charge in [-0.05, 0) is 48.4 Å². The number of nitrogens with zero attached hydrogens (tertiary/aromatic N) is 1. The van der Waals surface area contributed by atoms with Crippen LogP contribution in [0.1, 0.15) is 55.8 Å². The standard InChI is InChI=1S/C26H35N3O2.2ClH/c1-17(2)21-11-12-22(26(28-21)18-8-6-5-7-9-18)27-16-20-14-23-19(15-24(20)31-4)10-13-25(30)29(23)3;;/h5-9,14-15,17,21-22,26-28H,10-13,16H2,1-4H3;2*1H/t21-,22-,26-;;/m0../s1. The van der Waals surface area contributed by atoms with E-state index < -0.39 is 0 Å². The fourth-order valence-electron chi connectivity index (χ4n) is 4.97. The van der Waals surface area contributed by atoms with Crippen molar-refractivity contribution in [1.82, 2.24) is 10.6 Å². The minimum atomic E-state index is 0. The number of amides is 1. The number of ether oxygens (including phenoxy) is 1. The van der Waals surface area contributed by atoms with Crippen molar-refractivity contribution in [2.45, 2.75) is 64.2 Å². The van der Waals surface area contributed by atoms with E-state index in [1.165, 1.54) is 11.1 Å². The highest BCUT2D eigenvalue weighted by molar-refractivity contribution is 5.96. The second-order valence-electron chi connectivity index (χ2n) is 9.22. The van der Waals surface area contributed by atoms with Crippen LogP contribution in [-0.4, -0.2) is 32.1 Å². The third-order valence-electron chi connectivity index (χ3n) is 6.93. The smallest absolute Gasteiger partial charge is 0.227 e. The molecule has 182 valence electrons. The van der Waals surface area contributed by atoms with Gasteiger partial charge in [-0.15, -0.1) is 24.8 Å². The molecule has 0 aliphatic carbocycles. The SMILES string of the molecule is COc1cc2c(cc1CN[C@H]1CC[C@@H](C(C)C)N[C@H]1c1ccccc1)N(C)C(=O)CC2.Cl.Cl. The van der Waals surface area contributed by atoms with Crippen molar-refractivity contribution in [3.8, 4) is 5.75 Å². The molecule has 0 unspecified atom stereocenters. The number of fused-ring (bicyclic) bond motifs is 1. The highest BCUT2D eigenvalue weighted by atomic mass is 35.5. The number of rotatable bonds is 6. The van der Waals surface area contributed by atoms with Crippen molar-refractivity contribution in [2.24, 2.45) is 5.92 Å². The molecular weight excluding hydrogens is 457 g/mol. The van der Waals surface area contributed by atoms with E-state index in [0.29, 0.717) is 31.0 Å². The molecule has 0 bridgehead atoms. The molecule has 4 rings (SSSR count). The summed E-state index contributed by atoms with van der Waals surface area (Å²) in [5, 5.41) is 7.71. The van der Waals surface area contributed by atoms with E-state index in [0.717, 1.165) is 36.3 Å². The molecule has 1 saturated heterocycles. The van der Waals surface area contributed by atoms with Crippen LogP contribution in [0.15, 0.2) is 42.5 Å². The van der Waals surface area contributed by atoms with E-state index in [1.807, 2.05) is 7.05 Å². The molecule has 2 aromatic carbocycles. The quantitative estimate of drug-likeness (QED) is 0.590. The van der Waals surface area contributed by atoms with Gasteiger partial charge in [0.25, 0.3) is 0 Å². The van der Waals surface area contributed by atoms with Crippen molar-refractivity contribution in [1.29, 1.82) is 0 Å². The van der Waals surface area contributed by atoms with Crippen molar-refractivity contribution >= 4 is 36.4 Å². The topological polar surface area (TPSA) is 53.6 Å². The van der Waals surface area contributed by atoms with Gasteiger partial charge in [-0.3, -0.25) is 4.79 Å². The van der Waals surface area contributed by atoms with Crippen LogP contribution >= 0.6 is 24.8 Å². The number of halogens is 2. The van der Waals surface area contributed by atoms with E-state index in [1.54, 1.807) is 12.0 Å². The Kier molecular flexibility index (Phi) is 10.0. The molecule has 1 fully saturated rings. The lowest BCUT2D eigenvalue weighted by molar-refractivity contribution is -0.118. The molecule has 3 atom stereocenters. The Hall–Kier alpha value is -1.79. The van der Waals surface area contributed by atoms with Gasteiger partial charge in [0.05, 0.1) is 7.11 Å². The predicted molar refractivity (Wildman–Crippen MR) is 140 cm³/mol. The molecule has 1 amide bonds. The molecule has 2 N–H and O–H groups in total. The Morgan fingerprint density at radius 3 is 2.52 bits per heavy atom. The third kappa shape index (κ3) is 6.02. The van der Waals surface area contributed by atoms with Crippen LogP contribution in [0.25, 0.3) is 0 Å². The lowest BCUT2D eigenvalue weighted by Gasteiger charge is -2.40. The van der Waals surface area contributed by atoms with Gasteiger partial charge in [0, 0.05) is 49.4 Å². The van der Waals surface area contributed by atoms with Gasteiger partial charge in [-0.25, -0.2) is 0 Å². The first kappa shape index (κ1) is 27.5. The molecule has 0 spiro atoms. The molecule has 0 aromatic heterocycles. The number of carbonyl (C=O) groups excluding carboxylic acids is 1. The summed E-state index contributed by atoms with van der Waals surface area (Å²) in [5.74, 6) is 1.69. The number of methoxy groups -OCH3 is 1. The zero-order valence-corrected chi connectivity index (χ0v) is 21.6. The van der Waals surface area contributed by atoms with Crippen molar-refractivity contribution in [3.05, 3.63) is 59.2 Å². The predicted octanol–water partition coefficient (Wildman–Crippen LogP) is 5.06. The van der Waals surface area contributed by atoms with Gasteiger partial charge in [0.1, 0.15) is 5.75 Å². The van der Waals surface area contributed by atoms with E-state index >= 15 is 0 Å². The third-order valence-corrected chi connectivity index (χ3v) is 6.93. The average Bonchev–Trinajstić information content (AvgIpc) is 2.80. The summed E-state index contributed by atoms with van der Waals surface area (Å²) < 4.78 is 5.71. The van der Waals surface area contributed by atoms with Gasteiger partial charge in [0.15, 0.2) is 0 Å². The number of hydrogen-bond donors (Lipinski definition) is 2. The molecular formula is C26H37Cl2N3O2. The van der Waals surface area contributed by atoms with Crippen LogP contribution in [0, 0.1) is 5.92 Å². The summed E-state index contributed by atoms with van der Waals surface area (Å²) in [5.41, 5.74) is 4.62. The largest absolute Gasteiger partial charge is 0.496 e. The fourth-order valence-corrected chi connectivity index (χ4v) is 4.97. The van der Waals surface area contributed by atoms with Crippen LogP contribution in [0.2, 0.25) is 0 Å². The monoisotopic (exact) mass is 493 g/mol. The van der Waals surface area contributed by atoms with E-state index in [2.05, 4.69) is 66.9 Å². The molecule has 5 nitrogen and oxygen atoms in total. The van der Waals surface area contributed by atoms with Crippen molar-refractivity contribution in [2.75, 3.05) is 19.1 Å². The average molecular weight is 495 g/mol. The highest BCUT2D eigenvalue weighted by Crippen LogP contribution is 2.34. The number of piperidine rings is 1. The Morgan fingerprint density at radius 1 is 1.12 bits per heavy atom. The number of aryl methyl sites for hydroxylation is 1. The molecule has 2 aromatic rings. The Bertz CT molecular complexity index is 923. The zero-order chi connectivity index (χ0) is 22.0.